The first-order chi connectivity index (χ1) is 10.9. The summed E-state index contributed by atoms with van der Waals surface area (Å²) >= 11 is 9.26. The third-order valence-corrected chi connectivity index (χ3v) is 4.73. The van der Waals surface area contributed by atoms with Crippen molar-refractivity contribution in [2.75, 3.05) is 0 Å². The van der Waals surface area contributed by atoms with Crippen LogP contribution in [0.15, 0.2) is 53.0 Å². The first kappa shape index (κ1) is 16.0. The van der Waals surface area contributed by atoms with Crippen LogP contribution in [-0.2, 0) is 16.9 Å². The summed E-state index contributed by atoms with van der Waals surface area (Å²) in [6, 6.07) is 14.0. The number of halogens is 2. The zero-order valence-electron chi connectivity index (χ0n) is 12.3. The maximum Gasteiger partial charge on any atom is 0.325 e. The average Bonchev–Trinajstić information content (AvgIpc) is 2.74. The molecule has 23 heavy (non-hydrogen) atoms. The Labute approximate surface area is 147 Å². The van der Waals surface area contributed by atoms with E-state index in [1.54, 1.807) is 31.2 Å². The topological polar surface area (TPSA) is 49.4 Å². The fraction of sp³-hybridized carbons (Fsp3) is 0.176. The van der Waals surface area contributed by atoms with Gasteiger partial charge in [0.2, 0.25) is 0 Å². The Hall–Kier alpha value is -1.85. The van der Waals surface area contributed by atoms with Gasteiger partial charge in [0, 0.05) is 9.50 Å². The Kier molecular flexibility index (Phi) is 4.17. The first-order valence-electron chi connectivity index (χ1n) is 7.05. The number of imide groups is 1. The highest BCUT2D eigenvalue weighted by Gasteiger charge is 2.48. The van der Waals surface area contributed by atoms with Gasteiger partial charge in [0.15, 0.2) is 0 Å². The zero-order valence-corrected chi connectivity index (χ0v) is 14.7. The van der Waals surface area contributed by atoms with E-state index in [1.807, 2.05) is 24.3 Å². The maximum absolute atomic E-state index is 12.8. The number of nitrogens with zero attached hydrogens (tertiary/aromatic N) is 1. The summed E-state index contributed by atoms with van der Waals surface area (Å²) in [7, 11) is 0. The minimum absolute atomic E-state index is 0.237. The van der Waals surface area contributed by atoms with E-state index in [9.17, 15) is 9.59 Å². The summed E-state index contributed by atoms with van der Waals surface area (Å²) in [4.78, 5) is 26.3. The van der Waals surface area contributed by atoms with Crippen molar-refractivity contribution in [1.29, 1.82) is 0 Å². The molecule has 1 atom stereocenters. The van der Waals surface area contributed by atoms with Crippen LogP contribution in [0.1, 0.15) is 18.1 Å². The molecule has 1 fully saturated rings. The fourth-order valence-electron chi connectivity index (χ4n) is 2.59. The van der Waals surface area contributed by atoms with Crippen molar-refractivity contribution in [3.63, 3.8) is 0 Å². The number of hydrogen-bond acceptors (Lipinski definition) is 2. The number of amides is 3. The van der Waals surface area contributed by atoms with Gasteiger partial charge >= 0.3 is 6.03 Å². The Morgan fingerprint density at radius 3 is 2.30 bits per heavy atom. The quantitative estimate of drug-likeness (QED) is 0.799. The number of nitrogens with one attached hydrogen (secondary N) is 1. The van der Waals surface area contributed by atoms with E-state index < -0.39 is 11.6 Å². The lowest BCUT2D eigenvalue weighted by molar-refractivity contribution is -0.131. The molecule has 1 aliphatic heterocycles. The van der Waals surface area contributed by atoms with E-state index in [2.05, 4.69) is 21.2 Å². The van der Waals surface area contributed by atoms with Gasteiger partial charge in [0.1, 0.15) is 5.54 Å². The second kappa shape index (κ2) is 5.98. The predicted octanol–water partition coefficient (Wildman–Crippen LogP) is 4.07. The second-order valence-corrected chi connectivity index (χ2v) is 6.93. The third-order valence-electron chi connectivity index (χ3n) is 3.95. The molecule has 118 valence electrons. The SMILES string of the molecule is CC1(c2ccc(Cl)cc2)NC(=O)N(Cc2ccc(Br)cc2)C1=O. The van der Waals surface area contributed by atoms with Gasteiger partial charge in [-0.1, -0.05) is 51.8 Å². The molecule has 1 heterocycles. The van der Waals surface area contributed by atoms with E-state index in [0.29, 0.717) is 10.6 Å². The van der Waals surface area contributed by atoms with Crippen LogP contribution in [0.2, 0.25) is 5.02 Å². The standard InChI is InChI=1S/C17H14BrClN2O2/c1-17(12-4-8-14(19)9-5-12)15(22)21(16(23)20-17)10-11-2-6-13(18)7-3-11/h2-9H,10H2,1H3,(H,20,23). The molecule has 1 aliphatic rings. The number of carbonyl (C=O) groups excluding carboxylic acids is 2. The van der Waals surface area contributed by atoms with Crippen molar-refractivity contribution >= 4 is 39.5 Å². The van der Waals surface area contributed by atoms with E-state index in [-0.39, 0.29) is 12.5 Å². The lowest BCUT2D eigenvalue weighted by atomic mass is 9.92. The van der Waals surface area contributed by atoms with Crippen LogP contribution in [0.3, 0.4) is 0 Å². The normalized spacial score (nSPS) is 20.7. The summed E-state index contributed by atoms with van der Waals surface area (Å²) in [5.41, 5.74) is 0.521. The molecule has 0 aromatic heterocycles. The van der Waals surface area contributed by atoms with Gasteiger partial charge in [-0.2, -0.15) is 0 Å². The number of carbonyl (C=O) groups is 2. The monoisotopic (exact) mass is 392 g/mol. The van der Waals surface area contributed by atoms with Crippen molar-refractivity contribution in [2.24, 2.45) is 0 Å². The minimum atomic E-state index is -1.07. The Morgan fingerprint density at radius 1 is 1.09 bits per heavy atom. The van der Waals surface area contributed by atoms with E-state index in [4.69, 9.17) is 11.6 Å². The van der Waals surface area contributed by atoms with Crippen LogP contribution in [-0.4, -0.2) is 16.8 Å². The molecule has 4 nitrogen and oxygen atoms in total. The molecule has 1 unspecified atom stereocenters. The van der Waals surface area contributed by atoms with Gasteiger partial charge in [-0.15, -0.1) is 0 Å². The molecule has 0 bridgehead atoms. The molecule has 2 aromatic rings. The van der Waals surface area contributed by atoms with Gasteiger partial charge < -0.3 is 5.32 Å². The minimum Gasteiger partial charge on any atom is -0.319 e. The Balaban J connectivity index is 1.87. The van der Waals surface area contributed by atoms with Crippen LogP contribution < -0.4 is 5.32 Å². The molecule has 0 radical (unpaired) electrons. The van der Waals surface area contributed by atoms with Crippen LogP contribution in [0.4, 0.5) is 4.79 Å². The van der Waals surface area contributed by atoms with Crippen molar-refractivity contribution in [1.82, 2.24) is 10.2 Å². The van der Waals surface area contributed by atoms with E-state index >= 15 is 0 Å². The molecule has 1 N–H and O–H groups in total. The van der Waals surface area contributed by atoms with Gasteiger partial charge in [0.05, 0.1) is 6.54 Å². The van der Waals surface area contributed by atoms with Crippen molar-refractivity contribution in [3.05, 3.63) is 69.2 Å². The summed E-state index contributed by atoms with van der Waals surface area (Å²) in [5, 5.41) is 3.37. The van der Waals surface area contributed by atoms with Gasteiger partial charge in [0.25, 0.3) is 5.91 Å². The first-order valence-corrected chi connectivity index (χ1v) is 8.22. The third kappa shape index (κ3) is 2.99. The van der Waals surface area contributed by atoms with Crippen LogP contribution in [0.25, 0.3) is 0 Å². The molecular weight excluding hydrogens is 380 g/mol. The summed E-state index contributed by atoms with van der Waals surface area (Å²) < 4.78 is 0.949. The number of benzene rings is 2. The summed E-state index contributed by atoms with van der Waals surface area (Å²) in [5.74, 6) is -0.271. The van der Waals surface area contributed by atoms with Crippen LogP contribution >= 0.6 is 27.5 Å². The maximum atomic E-state index is 12.8. The van der Waals surface area contributed by atoms with E-state index in [1.165, 1.54) is 4.90 Å². The van der Waals surface area contributed by atoms with Gasteiger partial charge in [-0.05, 0) is 42.3 Å². The molecule has 0 spiro atoms. The zero-order chi connectivity index (χ0) is 16.6. The lowest BCUT2D eigenvalue weighted by Gasteiger charge is -2.22. The van der Waals surface area contributed by atoms with Gasteiger partial charge in [-0.3, -0.25) is 9.69 Å². The highest BCUT2D eigenvalue weighted by Crippen LogP contribution is 2.30. The van der Waals surface area contributed by atoms with E-state index in [0.717, 1.165) is 10.0 Å². The fourth-order valence-corrected chi connectivity index (χ4v) is 2.98. The predicted molar refractivity (Wildman–Crippen MR) is 92.0 cm³/mol. The largest absolute Gasteiger partial charge is 0.325 e. The second-order valence-electron chi connectivity index (χ2n) is 5.58. The molecule has 2 aromatic carbocycles. The molecule has 6 heteroatoms. The highest BCUT2D eigenvalue weighted by molar-refractivity contribution is 9.10. The van der Waals surface area contributed by atoms with Crippen LogP contribution in [0, 0.1) is 0 Å². The molecule has 3 rings (SSSR count). The average molecular weight is 394 g/mol. The Morgan fingerprint density at radius 2 is 1.70 bits per heavy atom. The molecule has 0 aliphatic carbocycles. The van der Waals surface area contributed by atoms with Crippen molar-refractivity contribution in [3.8, 4) is 0 Å². The summed E-state index contributed by atoms with van der Waals surface area (Å²) in [6.45, 7) is 1.94. The molecule has 1 saturated heterocycles. The van der Waals surface area contributed by atoms with Crippen molar-refractivity contribution in [2.45, 2.75) is 19.0 Å². The highest BCUT2D eigenvalue weighted by atomic mass is 79.9. The number of hydrogen-bond donors (Lipinski definition) is 1. The molecule has 0 saturated carbocycles. The molecular formula is C17H14BrClN2O2. The Bertz CT molecular complexity index is 761. The number of urea groups is 1. The summed E-state index contributed by atoms with van der Waals surface area (Å²) in [6.07, 6.45) is 0. The lowest BCUT2D eigenvalue weighted by Crippen LogP contribution is -2.40. The molecule has 3 amide bonds. The van der Waals surface area contributed by atoms with Crippen molar-refractivity contribution < 1.29 is 9.59 Å². The smallest absolute Gasteiger partial charge is 0.319 e. The van der Waals surface area contributed by atoms with Gasteiger partial charge in [-0.25, -0.2) is 4.79 Å². The number of rotatable bonds is 3. The van der Waals surface area contributed by atoms with Crippen LogP contribution in [0.5, 0.6) is 0 Å².